The average Bonchev–Trinajstić information content (AvgIpc) is 2.88. The number of rotatable bonds is 7. The van der Waals surface area contributed by atoms with Crippen LogP contribution in [-0.4, -0.2) is 33.7 Å². The maximum atomic E-state index is 12.1. The van der Waals surface area contributed by atoms with Crippen molar-refractivity contribution < 1.29 is 4.79 Å². The number of carbonyl (C=O) groups is 1. The molecule has 0 aliphatic heterocycles. The molecule has 24 heavy (non-hydrogen) atoms. The van der Waals surface area contributed by atoms with E-state index < -0.39 is 6.04 Å². The smallest absolute Gasteiger partial charge is 0.237 e. The molecule has 0 unspecified atom stereocenters. The summed E-state index contributed by atoms with van der Waals surface area (Å²) in [6, 6.07) is 9.52. The first-order chi connectivity index (χ1) is 11.0. The van der Waals surface area contributed by atoms with E-state index in [0.29, 0.717) is 13.0 Å². The maximum Gasteiger partial charge on any atom is 0.237 e. The first-order valence-electron chi connectivity index (χ1n) is 7.66. The summed E-state index contributed by atoms with van der Waals surface area (Å²) in [5.41, 5.74) is 9.94. The van der Waals surface area contributed by atoms with Gasteiger partial charge in [0, 0.05) is 12.2 Å². The molecular formula is C17H25ClN4OS. The zero-order chi connectivity index (χ0) is 16.8. The van der Waals surface area contributed by atoms with Crippen LogP contribution in [0.15, 0.2) is 30.3 Å². The second-order valence-electron chi connectivity index (χ2n) is 5.57. The van der Waals surface area contributed by atoms with Crippen LogP contribution in [0.3, 0.4) is 0 Å². The van der Waals surface area contributed by atoms with Crippen LogP contribution in [0.25, 0.3) is 5.69 Å². The van der Waals surface area contributed by atoms with Crippen molar-refractivity contribution in [1.82, 2.24) is 15.1 Å². The second-order valence-corrected chi connectivity index (χ2v) is 6.56. The zero-order valence-corrected chi connectivity index (χ0v) is 15.9. The maximum absolute atomic E-state index is 12.1. The highest BCUT2D eigenvalue weighted by molar-refractivity contribution is 7.98. The number of amides is 1. The number of aromatic nitrogens is 2. The van der Waals surface area contributed by atoms with E-state index >= 15 is 0 Å². The van der Waals surface area contributed by atoms with Crippen LogP contribution in [0.1, 0.15) is 23.4 Å². The normalized spacial score (nSPS) is 11.7. The van der Waals surface area contributed by atoms with Gasteiger partial charge in [-0.3, -0.25) is 4.79 Å². The first kappa shape index (κ1) is 20.5. The molecule has 0 radical (unpaired) electrons. The molecule has 7 heteroatoms. The van der Waals surface area contributed by atoms with E-state index in [1.807, 2.05) is 55.1 Å². The highest BCUT2D eigenvalue weighted by atomic mass is 35.5. The molecule has 2 rings (SSSR count). The van der Waals surface area contributed by atoms with Crippen molar-refractivity contribution in [1.29, 1.82) is 0 Å². The molecular weight excluding hydrogens is 344 g/mol. The Morgan fingerprint density at radius 1 is 1.38 bits per heavy atom. The van der Waals surface area contributed by atoms with Gasteiger partial charge in [0.1, 0.15) is 0 Å². The Balaban J connectivity index is 0.00000288. The molecule has 2 aromatic rings. The van der Waals surface area contributed by atoms with Crippen molar-refractivity contribution in [3.63, 3.8) is 0 Å². The van der Waals surface area contributed by atoms with Crippen molar-refractivity contribution in [2.45, 2.75) is 32.9 Å². The molecule has 1 heterocycles. The standard InChI is InChI=1S/C17H24N4OS.ClH/c1-12-10-13(2)21(20-12)16-7-5-4-6-14(16)11-19-17(22)15(18)8-9-23-3;/h4-7,10,15H,8-9,11,18H2,1-3H3,(H,19,22);1H/t15-;/m0./s1. The Bertz CT molecular complexity index is 674. The van der Waals surface area contributed by atoms with E-state index in [4.69, 9.17) is 5.73 Å². The van der Waals surface area contributed by atoms with Crippen molar-refractivity contribution in [3.05, 3.63) is 47.3 Å². The fraction of sp³-hybridized carbons (Fsp3) is 0.412. The molecule has 1 aromatic heterocycles. The van der Waals surface area contributed by atoms with Crippen molar-refractivity contribution >= 4 is 30.1 Å². The van der Waals surface area contributed by atoms with E-state index in [-0.39, 0.29) is 18.3 Å². The highest BCUT2D eigenvalue weighted by Crippen LogP contribution is 2.17. The molecule has 1 atom stereocenters. The van der Waals surface area contributed by atoms with Crippen molar-refractivity contribution in [2.75, 3.05) is 12.0 Å². The minimum absolute atomic E-state index is 0. The predicted octanol–water partition coefficient (Wildman–Crippen LogP) is 2.61. The Labute approximate surface area is 153 Å². The number of carbonyl (C=O) groups excluding carboxylic acids is 1. The lowest BCUT2D eigenvalue weighted by Gasteiger charge is -2.14. The average molecular weight is 369 g/mol. The van der Waals surface area contributed by atoms with Gasteiger partial charge in [0.15, 0.2) is 0 Å². The summed E-state index contributed by atoms with van der Waals surface area (Å²) in [6.07, 6.45) is 2.70. The summed E-state index contributed by atoms with van der Waals surface area (Å²) >= 11 is 1.69. The molecule has 1 aromatic carbocycles. The minimum Gasteiger partial charge on any atom is -0.351 e. The molecule has 1 amide bonds. The molecule has 0 saturated carbocycles. The zero-order valence-electron chi connectivity index (χ0n) is 14.3. The van der Waals surface area contributed by atoms with E-state index in [2.05, 4.69) is 10.4 Å². The SMILES string of the molecule is CSCC[C@H](N)C(=O)NCc1ccccc1-n1nc(C)cc1C.Cl. The fourth-order valence-electron chi connectivity index (χ4n) is 2.43. The molecule has 0 saturated heterocycles. The van der Waals surface area contributed by atoms with Crippen LogP contribution in [0.4, 0.5) is 0 Å². The van der Waals surface area contributed by atoms with Gasteiger partial charge in [-0.25, -0.2) is 4.68 Å². The number of para-hydroxylation sites is 1. The quantitative estimate of drug-likeness (QED) is 0.787. The summed E-state index contributed by atoms with van der Waals surface area (Å²) in [5, 5.41) is 7.45. The minimum atomic E-state index is -0.455. The van der Waals surface area contributed by atoms with Gasteiger partial charge in [-0.15, -0.1) is 12.4 Å². The molecule has 0 bridgehead atoms. The third-order valence-electron chi connectivity index (χ3n) is 3.65. The number of benzene rings is 1. The summed E-state index contributed by atoms with van der Waals surface area (Å²) in [6.45, 7) is 4.44. The Morgan fingerprint density at radius 2 is 2.08 bits per heavy atom. The molecule has 0 aliphatic rings. The molecule has 3 N–H and O–H groups in total. The number of halogens is 1. The lowest BCUT2D eigenvalue weighted by atomic mass is 10.1. The third kappa shape index (κ3) is 5.26. The van der Waals surface area contributed by atoms with Gasteiger partial charge >= 0.3 is 0 Å². The Hall–Kier alpha value is -1.50. The largest absolute Gasteiger partial charge is 0.351 e. The van der Waals surface area contributed by atoms with Gasteiger partial charge in [-0.2, -0.15) is 16.9 Å². The fourth-order valence-corrected chi connectivity index (χ4v) is 2.92. The van der Waals surface area contributed by atoms with Crippen LogP contribution in [0.2, 0.25) is 0 Å². The van der Waals surface area contributed by atoms with Gasteiger partial charge in [-0.1, -0.05) is 18.2 Å². The van der Waals surface area contributed by atoms with E-state index in [9.17, 15) is 4.79 Å². The number of hydrogen-bond acceptors (Lipinski definition) is 4. The summed E-state index contributed by atoms with van der Waals surface area (Å²) in [4.78, 5) is 12.1. The summed E-state index contributed by atoms with van der Waals surface area (Å²) in [5.74, 6) is 0.777. The van der Waals surface area contributed by atoms with Gasteiger partial charge in [0.2, 0.25) is 5.91 Å². The number of aryl methyl sites for hydroxylation is 2. The van der Waals surface area contributed by atoms with Gasteiger partial charge in [-0.05, 0) is 50.0 Å². The van der Waals surface area contributed by atoms with E-state index in [1.54, 1.807) is 11.8 Å². The molecule has 0 aliphatic carbocycles. The second kappa shape index (κ2) is 9.71. The van der Waals surface area contributed by atoms with Gasteiger partial charge in [0.05, 0.1) is 17.4 Å². The lowest BCUT2D eigenvalue weighted by molar-refractivity contribution is -0.122. The van der Waals surface area contributed by atoms with Crippen LogP contribution < -0.4 is 11.1 Å². The molecule has 5 nitrogen and oxygen atoms in total. The lowest BCUT2D eigenvalue weighted by Crippen LogP contribution is -2.40. The van der Waals surface area contributed by atoms with E-state index in [0.717, 1.165) is 28.4 Å². The predicted molar refractivity (Wildman–Crippen MR) is 103 cm³/mol. The van der Waals surface area contributed by atoms with Gasteiger partial charge < -0.3 is 11.1 Å². The summed E-state index contributed by atoms with van der Waals surface area (Å²) < 4.78 is 1.91. The van der Waals surface area contributed by atoms with Crippen molar-refractivity contribution in [2.24, 2.45) is 5.73 Å². The first-order valence-corrected chi connectivity index (χ1v) is 9.06. The van der Waals surface area contributed by atoms with Crippen LogP contribution in [0.5, 0.6) is 0 Å². The topological polar surface area (TPSA) is 72.9 Å². The van der Waals surface area contributed by atoms with E-state index in [1.165, 1.54) is 0 Å². The van der Waals surface area contributed by atoms with Crippen molar-refractivity contribution in [3.8, 4) is 5.69 Å². The van der Waals surface area contributed by atoms with Crippen LogP contribution in [0, 0.1) is 13.8 Å². The number of nitrogens with one attached hydrogen (secondary N) is 1. The molecule has 0 fully saturated rings. The Kier molecular flexibility index (Phi) is 8.31. The third-order valence-corrected chi connectivity index (χ3v) is 4.30. The number of hydrogen-bond donors (Lipinski definition) is 2. The number of nitrogens with two attached hydrogens (primary N) is 1. The Morgan fingerprint density at radius 3 is 2.71 bits per heavy atom. The van der Waals surface area contributed by atoms with Crippen LogP contribution in [-0.2, 0) is 11.3 Å². The number of thioether (sulfide) groups is 1. The monoisotopic (exact) mass is 368 g/mol. The molecule has 132 valence electrons. The highest BCUT2D eigenvalue weighted by Gasteiger charge is 2.14. The number of nitrogens with zero attached hydrogens (tertiary/aromatic N) is 2. The molecule has 0 spiro atoms. The summed E-state index contributed by atoms with van der Waals surface area (Å²) in [7, 11) is 0. The van der Waals surface area contributed by atoms with Gasteiger partial charge in [0.25, 0.3) is 0 Å². The van der Waals surface area contributed by atoms with Crippen LogP contribution >= 0.6 is 24.2 Å².